The third kappa shape index (κ3) is 1.61. The molecule has 2 rings (SSSR count). The molecule has 0 radical (unpaired) electrons. The van der Waals surface area contributed by atoms with Crippen LogP contribution >= 0.6 is 0 Å². The molecule has 0 bridgehead atoms. The minimum absolute atomic E-state index is 0.0267. The zero-order valence-electron chi connectivity index (χ0n) is 9.04. The smallest absolute Gasteiger partial charge is 0.388 e. The highest BCUT2D eigenvalue weighted by molar-refractivity contribution is 5.35. The molecule has 1 atom stereocenters. The maximum atomic E-state index is 12.7. The normalized spacial score (nSPS) is 20.6. The maximum absolute atomic E-state index is 12.7. The molecule has 0 amide bonds. The van der Waals surface area contributed by atoms with Crippen molar-refractivity contribution in [3.63, 3.8) is 0 Å². The van der Waals surface area contributed by atoms with Gasteiger partial charge in [0.05, 0.1) is 6.10 Å². The summed E-state index contributed by atoms with van der Waals surface area (Å²) in [6, 6.07) is -0.129. The van der Waals surface area contributed by atoms with Crippen LogP contribution in [0.3, 0.4) is 0 Å². The average molecular weight is 234 g/mol. The summed E-state index contributed by atoms with van der Waals surface area (Å²) in [6.45, 7) is 3.55. The molecule has 6 heteroatoms. The van der Waals surface area contributed by atoms with Gasteiger partial charge >= 0.3 is 6.18 Å². The second kappa shape index (κ2) is 3.48. The number of aromatic nitrogens is 2. The lowest BCUT2D eigenvalue weighted by Gasteiger charge is -2.09. The Hall–Kier alpha value is -1.04. The fraction of sp³-hybridized carbons (Fsp3) is 0.700. The van der Waals surface area contributed by atoms with E-state index in [9.17, 15) is 18.3 Å². The van der Waals surface area contributed by atoms with Crippen molar-refractivity contribution >= 4 is 0 Å². The number of aliphatic hydroxyl groups is 1. The van der Waals surface area contributed by atoms with E-state index < -0.39 is 18.0 Å². The van der Waals surface area contributed by atoms with Gasteiger partial charge in [-0.3, -0.25) is 4.68 Å². The molecular weight excluding hydrogens is 221 g/mol. The highest BCUT2D eigenvalue weighted by Crippen LogP contribution is 2.41. The van der Waals surface area contributed by atoms with Gasteiger partial charge in [0, 0.05) is 17.3 Å². The van der Waals surface area contributed by atoms with Crippen molar-refractivity contribution in [3.05, 3.63) is 17.0 Å². The number of alkyl halides is 3. The van der Waals surface area contributed by atoms with Crippen molar-refractivity contribution in [2.75, 3.05) is 0 Å². The first kappa shape index (κ1) is 11.4. The van der Waals surface area contributed by atoms with Gasteiger partial charge in [-0.1, -0.05) is 0 Å². The Labute approximate surface area is 90.9 Å². The van der Waals surface area contributed by atoms with Crippen LogP contribution in [0.25, 0.3) is 0 Å². The standard InChI is InChI=1S/C10H13F3N2O/c1-5(2)15-6-3-4-7(16)8(6)9(14-15)10(11,12)13/h5,7,16H,3-4H2,1-2H3. The van der Waals surface area contributed by atoms with Crippen LogP contribution in [0.2, 0.25) is 0 Å². The van der Waals surface area contributed by atoms with E-state index in [-0.39, 0.29) is 11.6 Å². The van der Waals surface area contributed by atoms with Crippen LogP contribution in [0.1, 0.15) is 49.4 Å². The van der Waals surface area contributed by atoms with Crippen LogP contribution in [0, 0.1) is 0 Å². The van der Waals surface area contributed by atoms with Crippen molar-refractivity contribution in [2.45, 2.75) is 45.0 Å². The third-order valence-electron chi connectivity index (χ3n) is 2.80. The van der Waals surface area contributed by atoms with Gasteiger partial charge in [0.2, 0.25) is 0 Å². The fourth-order valence-electron chi connectivity index (χ4n) is 2.14. The number of aliphatic hydroxyl groups excluding tert-OH is 1. The molecule has 0 saturated carbocycles. The SMILES string of the molecule is CC(C)n1nc(C(F)(F)F)c2c1CCC2O. The molecule has 1 aromatic rings. The number of hydrogen-bond donors (Lipinski definition) is 1. The van der Waals surface area contributed by atoms with Crippen molar-refractivity contribution in [2.24, 2.45) is 0 Å². The van der Waals surface area contributed by atoms with Crippen LogP contribution < -0.4 is 0 Å². The van der Waals surface area contributed by atoms with E-state index in [0.717, 1.165) is 0 Å². The predicted molar refractivity (Wildman–Crippen MR) is 50.9 cm³/mol. The Bertz CT molecular complexity index is 409. The molecule has 16 heavy (non-hydrogen) atoms. The molecule has 0 aromatic carbocycles. The molecule has 0 saturated heterocycles. The minimum Gasteiger partial charge on any atom is -0.388 e. The van der Waals surface area contributed by atoms with Gasteiger partial charge < -0.3 is 5.11 Å². The number of nitrogens with zero attached hydrogens (tertiary/aromatic N) is 2. The quantitative estimate of drug-likeness (QED) is 0.810. The van der Waals surface area contributed by atoms with Gasteiger partial charge in [-0.25, -0.2) is 0 Å². The van der Waals surface area contributed by atoms with Gasteiger partial charge in [0.15, 0.2) is 5.69 Å². The monoisotopic (exact) mass is 234 g/mol. The molecule has 3 nitrogen and oxygen atoms in total. The van der Waals surface area contributed by atoms with E-state index in [4.69, 9.17) is 0 Å². The summed E-state index contributed by atoms with van der Waals surface area (Å²) in [5, 5.41) is 13.2. The predicted octanol–water partition coefficient (Wildman–Crippen LogP) is 2.46. The highest BCUT2D eigenvalue weighted by atomic mass is 19.4. The number of rotatable bonds is 1. The molecular formula is C10H13F3N2O. The Kier molecular flexibility index (Phi) is 2.49. The van der Waals surface area contributed by atoms with Gasteiger partial charge in [0.1, 0.15) is 0 Å². The minimum atomic E-state index is -4.49. The molecule has 1 aliphatic carbocycles. The number of fused-ring (bicyclic) bond motifs is 1. The molecule has 1 unspecified atom stereocenters. The van der Waals surface area contributed by atoms with E-state index >= 15 is 0 Å². The largest absolute Gasteiger partial charge is 0.435 e. The van der Waals surface area contributed by atoms with E-state index in [1.54, 1.807) is 13.8 Å². The lowest BCUT2D eigenvalue weighted by atomic mass is 10.1. The van der Waals surface area contributed by atoms with Crippen LogP contribution in [0.5, 0.6) is 0 Å². The van der Waals surface area contributed by atoms with Crippen LogP contribution in [0.15, 0.2) is 0 Å². The number of hydrogen-bond acceptors (Lipinski definition) is 2. The van der Waals surface area contributed by atoms with Crippen molar-refractivity contribution in [1.29, 1.82) is 0 Å². The van der Waals surface area contributed by atoms with Crippen molar-refractivity contribution in [1.82, 2.24) is 9.78 Å². The summed E-state index contributed by atoms with van der Waals surface area (Å²) in [5.74, 6) is 0. The topological polar surface area (TPSA) is 38.0 Å². The molecule has 0 fully saturated rings. The second-order valence-corrected chi connectivity index (χ2v) is 4.30. The summed E-state index contributed by atoms with van der Waals surface area (Å²) < 4.78 is 39.5. The lowest BCUT2D eigenvalue weighted by molar-refractivity contribution is -0.143. The first-order chi connectivity index (χ1) is 7.32. The maximum Gasteiger partial charge on any atom is 0.435 e. The van der Waals surface area contributed by atoms with Gasteiger partial charge in [-0.2, -0.15) is 18.3 Å². The number of halogens is 3. The second-order valence-electron chi connectivity index (χ2n) is 4.30. The van der Waals surface area contributed by atoms with Gasteiger partial charge in [0.25, 0.3) is 0 Å². The Morgan fingerprint density at radius 2 is 2.06 bits per heavy atom. The van der Waals surface area contributed by atoms with Crippen molar-refractivity contribution < 1.29 is 18.3 Å². The lowest BCUT2D eigenvalue weighted by Crippen LogP contribution is -2.12. The molecule has 1 aromatic heterocycles. The summed E-state index contributed by atoms with van der Waals surface area (Å²) in [5.41, 5.74) is -0.433. The summed E-state index contributed by atoms with van der Waals surface area (Å²) in [4.78, 5) is 0. The third-order valence-corrected chi connectivity index (χ3v) is 2.80. The zero-order valence-corrected chi connectivity index (χ0v) is 9.04. The van der Waals surface area contributed by atoms with Gasteiger partial charge in [-0.15, -0.1) is 0 Å². The van der Waals surface area contributed by atoms with Crippen molar-refractivity contribution in [3.8, 4) is 0 Å². The molecule has 1 heterocycles. The fourth-order valence-corrected chi connectivity index (χ4v) is 2.14. The molecule has 1 N–H and O–H groups in total. The van der Waals surface area contributed by atoms with E-state index in [1.807, 2.05) is 0 Å². The first-order valence-electron chi connectivity index (χ1n) is 5.19. The Morgan fingerprint density at radius 1 is 1.44 bits per heavy atom. The molecule has 90 valence electrons. The Morgan fingerprint density at radius 3 is 2.56 bits per heavy atom. The van der Waals surface area contributed by atoms with Crippen LogP contribution in [0.4, 0.5) is 13.2 Å². The average Bonchev–Trinajstić information content (AvgIpc) is 2.65. The van der Waals surface area contributed by atoms with Crippen LogP contribution in [-0.2, 0) is 12.6 Å². The highest BCUT2D eigenvalue weighted by Gasteiger charge is 2.43. The summed E-state index contributed by atoms with van der Waals surface area (Å²) in [6.07, 6.45) is -4.71. The van der Waals surface area contributed by atoms with E-state index in [0.29, 0.717) is 18.5 Å². The summed E-state index contributed by atoms with van der Waals surface area (Å²) >= 11 is 0. The molecule has 0 spiro atoms. The molecule has 1 aliphatic rings. The first-order valence-corrected chi connectivity index (χ1v) is 5.19. The zero-order chi connectivity index (χ0) is 12.1. The summed E-state index contributed by atoms with van der Waals surface area (Å²) in [7, 11) is 0. The Balaban J connectivity index is 2.60. The molecule has 0 aliphatic heterocycles. The van der Waals surface area contributed by atoms with E-state index in [2.05, 4.69) is 5.10 Å². The van der Waals surface area contributed by atoms with E-state index in [1.165, 1.54) is 4.68 Å². The van der Waals surface area contributed by atoms with Gasteiger partial charge in [-0.05, 0) is 26.7 Å². The van der Waals surface area contributed by atoms with Crippen LogP contribution in [-0.4, -0.2) is 14.9 Å².